The molecule has 1 unspecified atom stereocenters. The molecular formula is C13H28NO4PS. The molecule has 0 aromatic heterocycles. The molecule has 0 radical (unpaired) electrons. The van der Waals surface area contributed by atoms with Crippen molar-refractivity contribution in [2.75, 3.05) is 38.8 Å². The summed E-state index contributed by atoms with van der Waals surface area (Å²) in [4.78, 5) is 2.21. The van der Waals surface area contributed by atoms with Gasteiger partial charge < -0.3 is 9.26 Å². The Bertz CT molecular complexity index is 327. The maximum Gasteiger partial charge on any atom is 0.390 e. The molecule has 1 fully saturated rings. The van der Waals surface area contributed by atoms with Crippen molar-refractivity contribution in [3.63, 3.8) is 0 Å². The summed E-state index contributed by atoms with van der Waals surface area (Å²) < 4.78 is 29.4. The lowest BCUT2D eigenvalue weighted by Crippen LogP contribution is -2.35. The van der Waals surface area contributed by atoms with E-state index >= 15 is 0 Å². The van der Waals surface area contributed by atoms with Crippen molar-refractivity contribution >= 4 is 18.2 Å². The summed E-state index contributed by atoms with van der Waals surface area (Å²) in [6.45, 7) is 10.3. The van der Waals surface area contributed by atoms with Crippen LogP contribution in [-0.2, 0) is 18.3 Å². The van der Waals surface area contributed by atoms with E-state index in [1.165, 1.54) is 11.4 Å². The van der Waals surface area contributed by atoms with E-state index in [0.29, 0.717) is 18.4 Å². The van der Waals surface area contributed by atoms with Gasteiger partial charge in [-0.3, -0.25) is 9.42 Å². The highest BCUT2D eigenvalue weighted by molar-refractivity contribution is 8.55. The molecule has 0 aromatic rings. The smallest absolute Gasteiger partial charge is 0.379 e. The van der Waals surface area contributed by atoms with Gasteiger partial charge in [0.1, 0.15) is 0 Å². The molecule has 20 heavy (non-hydrogen) atoms. The van der Waals surface area contributed by atoms with Crippen molar-refractivity contribution in [1.82, 2.24) is 4.90 Å². The minimum atomic E-state index is -3.13. The second-order valence-electron chi connectivity index (χ2n) is 6.33. The third-order valence-corrected chi connectivity index (χ3v) is 6.32. The molecule has 0 bridgehead atoms. The van der Waals surface area contributed by atoms with Crippen molar-refractivity contribution in [3.05, 3.63) is 0 Å². The van der Waals surface area contributed by atoms with Crippen molar-refractivity contribution < 1.29 is 18.3 Å². The first-order valence-corrected chi connectivity index (χ1v) is 10.2. The van der Waals surface area contributed by atoms with Crippen LogP contribution in [0.3, 0.4) is 0 Å². The maximum absolute atomic E-state index is 12.8. The Hall–Kier alpha value is 0.420. The Kier molecular flexibility index (Phi) is 7.53. The summed E-state index contributed by atoms with van der Waals surface area (Å²) in [5, 5.41) is 0. The van der Waals surface area contributed by atoms with Crippen LogP contribution in [0, 0.1) is 5.92 Å². The van der Waals surface area contributed by atoms with Gasteiger partial charge in [-0.15, -0.1) is 0 Å². The molecule has 0 N–H and O–H groups in total. The van der Waals surface area contributed by atoms with Gasteiger partial charge in [0.25, 0.3) is 0 Å². The number of hydrogen-bond acceptors (Lipinski definition) is 6. The summed E-state index contributed by atoms with van der Waals surface area (Å²) in [6.07, 6.45) is 0. The molecule has 1 atom stereocenters. The standard InChI is InChI=1S/C13H28NO4PS/c1-12(2)10-17-19(15,18-13(3,4)5)20-11-14-6-8-16-9-7-14/h12H,6-11H2,1-5H3. The second-order valence-corrected chi connectivity index (χ2v) is 10.3. The molecule has 0 amide bonds. The predicted molar refractivity (Wildman–Crippen MR) is 84.1 cm³/mol. The van der Waals surface area contributed by atoms with Crippen LogP contribution in [-0.4, -0.2) is 49.3 Å². The summed E-state index contributed by atoms with van der Waals surface area (Å²) in [5.41, 5.74) is -0.482. The zero-order valence-electron chi connectivity index (χ0n) is 13.3. The minimum absolute atomic E-state index is 0.330. The normalized spacial score (nSPS) is 21.1. The zero-order valence-corrected chi connectivity index (χ0v) is 15.0. The fourth-order valence-electron chi connectivity index (χ4n) is 1.55. The molecule has 1 rings (SSSR count). The summed E-state index contributed by atoms with van der Waals surface area (Å²) >= 11 is 1.28. The largest absolute Gasteiger partial charge is 0.390 e. The third kappa shape index (κ3) is 8.01. The zero-order chi connectivity index (χ0) is 15.2. The lowest BCUT2D eigenvalue weighted by atomic mass is 10.2. The van der Waals surface area contributed by atoms with Crippen molar-refractivity contribution in [3.8, 4) is 0 Å². The number of ether oxygens (including phenoxy) is 1. The molecule has 120 valence electrons. The van der Waals surface area contributed by atoms with Crippen molar-refractivity contribution in [2.24, 2.45) is 5.92 Å². The van der Waals surface area contributed by atoms with E-state index in [9.17, 15) is 4.57 Å². The quantitative estimate of drug-likeness (QED) is 0.667. The monoisotopic (exact) mass is 325 g/mol. The molecule has 1 heterocycles. The van der Waals surface area contributed by atoms with Crippen molar-refractivity contribution in [1.29, 1.82) is 0 Å². The van der Waals surface area contributed by atoms with Crippen LogP contribution in [0.2, 0.25) is 0 Å². The van der Waals surface area contributed by atoms with Gasteiger partial charge >= 0.3 is 6.80 Å². The molecule has 0 aliphatic carbocycles. The van der Waals surface area contributed by atoms with Gasteiger partial charge in [0.2, 0.25) is 0 Å². The highest BCUT2D eigenvalue weighted by atomic mass is 32.7. The molecule has 5 nitrogen and oxygen atoms in total. The first-order valence-electron chi connectivity index (χ1n) is 7.10. The van der Waals surface area contributed by atoms with E-state index < -0.39 is 12.4 Å². The molecule has 0 spiro atoms. The van der Waals surface area contributed by atoms with E-state index in [1.54, 1.807) is 0 Å². The van der Waals surface area contributed by atoms with Crippen LogP contribution in [0.4, 0.5) is 0 Å². The van der Waals surface area contributed by atoms with Crippen molar-refractivity contribution in [2.45, 2.75) is 40.2 Å². The Labute approximate surface area is 127 Å². The number of hydrogen-bond donors (Lipinski definition) is 0. The predicted octanol–water partition coefficient (Wildman–Crippen LogP) is 3.61. The van der Waals surface area contributed by atoms with E-state index in [1.807, 2.05) is 34.6 Å². The maximum atomic E-state index is 12.8. The fourth-order valence-corrected chi connectivity index (χ4v) is 5.59. The Morgan fingerprint density at radius 3 is 2.40 bits per heavy atom. The molecule has 1 saturated heterocycles. The van der Waals surface area contributed by atoms with Crippen LogP contribution in [0.25, 0.3) is 0 Å². The topological polar surface area (TPSA) is 48.0 Å². The lowest BCUT2D eigenvalue weighted by molar-refractivity contribution is 0.0472. The molecule has 7 heteroatoms. The van der Waals surface area contributed by atoms with Gasteiger partial charge in [-0.1, -0.05) is 13.8 Å². The summed E-state index contributed by atoms with van der Waals surface area (Å²) in [5.74, 6) is 0.977. The average molecular weight is 325 g/mol. The molecule has 1 aliphatic rings. The second kappa shape index (κ2) is 8.16. The van der Waals surface area contributed by atoms with E-state index in [2.05, 4.69) is 4.90 Å². The van der Waals surface area contributed by atoms with E-state index in [-0.39, 0.29) is 0 Å². The van der Waals surface area contributed by atoms with Crippen LogP contribution in [0.15, 0.2) is 0 Å². The summed E-state index contributed by atoms with van der Waals surface area (Å²) in [6, 6.07) is 0. The van der Waals surface area contributed by atoms with Crippen LogP contribution in [0.1, 0.15) is 34.6 Å². The third-order valence-electron chi connectivity index (χ3n) is 2.45. The highest BCUT2D eigenvalue weighted by Crippen LogP contribution is 2.63. The Morgan fingerprint density at radius 2 is 1.90 bits per heavy atom. The first kappa shape index (κ1) is 18.5. The first-order chi connectivity index (χ1) is 9.20. The fraction of sp³-hybridized carbons (Fsp3) is 1.00. The molecule has 0 aromatic carbocycles. The van der Waals surface area contributed by atoms with E-state index in [0.717, 1.165) is 26.3 Å². The molecule has 0 saturated carbocycles. The lowest BCUT2D eigenvalue weighted by Gasteiger charge is -2.30. The number of morpholine rings is 1. The van der Waals surface area contributed by atoms with Gasteiger partial charge in [-0.25, -0.2) is 4.57 Å². The average Bonchev–Trinajstić information content (AvgIpc) is 2.34. The van der Waals surface area contributed by atoms with Gasteiger partial charge in [0.05, 0.1) is 31.3 Å². The molecular weight excluding hydrogens is 297 g/mol. The van der Waals surface area contributed by atoms with Crippen LogP contribution < -0.4 is 0 Å². The Balaban J connectivity index is 2.54. The van der Waals surface area contributed by atoms with Gasteiger partial charge in [-0.2, -0.15) is 0 Å². The van der Waals surface area contributed by atoms with Crippen LogP contribution >= 0.6 is 18.2 Å². The van der Waals surface area contributed by atoms with Gasteiger partial charge in [0.15, 0.2) is 0 Å². The van der Waals surface area contributed by atoms with E-state index in [4.69, 9.17) is 13.8 Å². The van der Waals surface area contributed by atoms with Gasteiger partial charge in [0, 0.05) is 13.1 Å². The SMILES string of the molecule is CC(C)COP(=O)(OC(C)(C)C)SCN1CCOCC1. The summed E-state index contributed by atoms with van der Waals surface area (Å²) in [7, 11) is 0. The minimum Gasteiger partial charge on any atom is -0.379 e. The highest BCUT2D eigenvalue weighted by Gasteiger charge is 2.33. The van der Waals surface area contributed by atoms with Gasteiger partial charge in [-0.05, 0) is 38.1 Å². The number of nitrogens with zero attached hydrogens (tertiary/aromatic N) is 1. The number of rotatable bonds is 7. The van der Waals surface area contributed by atoms with Crippen LogP contribution in [0.5, 0.6) is 0 Å². The Morgan fingerprint density at radius 1 is 1.30 bits per heavy atom. The molecule has 1 aliphatic heterocycles.